The fourth-order valence-corrected chi connectivity index (χ4v) is 2.93. The van der Waals surface area contributed by atoms with Crippen molar-refractivity contribution in [3.63, 3.8) is 0 Å². The van der Waals surface area contributed by atoms with Crippen LogP contribution in [0.3, 0.4) is 0 Å². The lowest BCUT2D eigenvalue weighted by Crippen LogP contribution is -2.49. The van der Waals surface area contributed by atoms with Crippen LogP contribution in [-0.2, 0) is 16.6 Å². The van der Waals surface area contributed by atoms with Gasteiger partial charge >= 0.3 is 0 Å². The first-order valence-corrected chi connectivity index (χ1v) is 6.56. The Morgan fingerprint density at radius 1 is 1.50 bits per heavy atom. The second-order valence-corrected chi connectivity index (χ2v) is 6.69. The molecule has 0 spiro atoms. The molecule has 1 aromatic rings. The molecule has 0 amide bonds. The number of hydrogen-bond donors (Lipinski definition) is 1. The first-order chi connectivity index (χ1) is 7.45. The zero-order valence-electron chi connectivity index (χ0n) is 10.2. The molecule has 0 radical (unpaired) electrons. The van der Waals surface area contributed by atoms with Crippen LogP contribution in [0, 0.1) is 5.41 Å². The van der Waals surface area contributed by atoms with Gasteiger partial charge in [-0.3, -0.25) is 0 Å². The van der Waals surface area contributed by atoms with Gasteiger partial charge in [-0.15, -0.1) is 11.3 Å². The molecule has 90 valence electrons. The minimum atomic E-state index is 0.140. The van der Waals surface area contributed by atoms with Crippen LogP contribution in [0.25, 0.3) is 0 Å². The summed E-state index contributed by atoms with van der Waals surface area (Å²) in [4.78, 5) is 4.70. The number of thiazole rings is 1. The summed E-state index contributed by atoms with van der Waals surface area (Å²) in [7, 11) is 0. The third-order valence-electron chi connectivity index (χ3n) is 3.10. The highest BCUT2D eigenvalue weighted by molar-refractivity contribution is 7.09. The van der Waals surface area contributed by atoms with E-state index in [4.69, 9.17) is 15.5 Å². The van der Waals surface area contributed by atoms with Gasteiger partial charge < -0.3 is 10.5 Å². The van der Waals surface area contributed by atoms with Gasteiger partial charge in [0.25, 0.3) is 0 Å². The molecule has 3 nitrogen and oxygen atoms in total. The van der Waals surface area contributed by atoms with Gasteiger partial charge in [0.05, 0.1) is 23.9 Å². The molecule has 4 heteroatoms. The van der Waals surface area contributed by atoms with E-state index < -0.39 is 0 Å². The van der Waals surface area contributed by atoms with E-state index in [9.17, 15) is 0 Å². The second-order valence-electron chi connectivity index (χ2n) is 5.75. The van der Waals surface area contributed by atoms with E-state index in [1.165, 1.54) is 10.7 Å². The van der Waals surface area contributed by atoms with Crippen LogP contribution in [0.4, 0.5) is 0 Å². The van der Waals surface area contributed by atoms with Crippen molar-refractivity contribution >= 4 is 11.3 Å². The number of aromatic nitrogens is 1. The maximum atomic E-state index is 5.81. The maximum absolute atomic E-state index is 5.81. The Hall–Kier alpha value is -0.450. The molecule has 1 aromatic heterocycles. The van der Waals surface area contributed by atoms with Crippen molar-refractivity contribution in [2.24, 2.45) is 11.1 Å². The summed E-state index contributed by atoms with van der Waals surface area (Å²) in [6, 6.07) is 0. The third kappa shape index (κ3) is 2.29. The van der Waals surface area contributed by atoms with Gasteiger partial charge in [-0.2, -0.15) is 0 Å². The molecule has 1 aliphatic heterocycles. The Morgan fingerprint density at radius 3 is 2.56 bits per heavy atom. The van der Waals surface area contributed by atoms with Gasteiger partial charge in [0.2, 0.25) is 0 Å². The largest absolute Gasteiger partial charge is 0.380 e. The molecule has 1 saturated heterocycles. The SMILES string of the molecule is CC(C)(C)c1csc(CC2(CN)COC2)n1. The molecule has 2 heterocycles. The zero-order chi connectivity index (χ0) is 11.8. The number of nitrogens with zero attached hydrogens (tertiary/aromatic N) is 1. The monoisotopic (exact) mass is 240 g/mol. The lowest BCUT2D eigenvalue weighted by atomic mass is 9.83. The molecule has 1 aliphatic rings. The number of hydrogen-bond acceptors (Lipinski definition) is 4. The maximum Gasteiger partial charge on any atom is 0.0936 e. The van der Waals surface area contributed by atoms with Gasteiger partial charge in [-0.1, -0.05) is 20.8 Å². The van der Waals surface area contributed by atoms with Crippen molar-refractivity contribution in [2.75, 3.05) is 19.8 Å². The van der Waals surface area contributed by atoms with E-state index in [-0.39, 0.29) is 10.8 Å². The van der Waals surface area contributed by atoms with Crippen molar-refractivity contribution in [1.82, 2.24) is 4.98 Å². The molecule has 0 aromatic carbocycles. The predicted octanol–water partition coefficient (Wildman–Crippen LogP) is 1.96. The molecule has 16 heavy (non-hydrogen) atoms. The fraction of sp³-hybridized carbons (Fsp3) is 0.750. The summed E-state index contributed by atoms with van der Waals surface area (Å²) in [6.45, 7) is 8.84. The Kier molecular flexibility index (Phi) is 3.07. The fourth-order valence-electron chi connectivity index (χ4n) is 1.74. The lowest BCUT2D eigenvalue weighted by molar-refractivity contribution is -0.106. The molecular formula is C12H20N2OS. The van der Waals surface area contributed by atoms with Crippen molar-refractivity contribution in [2.45, 2.75) is 32.6 Å². The molecule has 0 atom stereocenters. The van der Waals surface area contributed by atoms with Crippen molar-refractivity contribution in [3.8, 4) is 0 Å². The van der Waals surface area contributed by atoms with Crippen LogP contribution >= 0.6 is 11.3 Å². The van der Waals surface area contributed by atoms with E-state index in [0.717, 1.165) is 19.6 Å². The Labute approximate surface area is 101 Å². The average Bonchev–Trinajstić information content (AvgIpc) is 2.58. The highest BCUT2D eigenvalue weighted by Gasteiger charge is 2.38. The van der Waals surface area contributed by atoms with Crippen molar-refractivity contribution in [3.05, 3.63) is 16.1 Å². The molecule has 0 unspecified atom stereocenters. The molecule has 2 rings (SSSR count). The Morgan fingerprint density at radius 2 is 2.19 bits per heavy atom. The highest BCUT2D eigenvalue weighted by atomic mass is 32.1. The molecular weight excluding hydrogens is 220 g/mol. The Balaban J connectivity index is 2.08. The van der Waals surface area contributed by atoms with E-state index in [0.29, 0.717) is 6.54 Å². The van der Waals surface area contributed by atoms with Crippen LogP contribution in [0.1, 0.15) is 31.5 Å². The third-order valence-corrected chi connectivity index (χ3v) is 3.94. The van der Waals surface area contributed by atoms with E-state index in [1.54, 1.807) is 11.3 Å². The number of ether oxygens (including phenoxy) is 1. The summed E-state index contributed by atoms with van der Waals surface area (Å²) in [5, 5.41) is 3.36. The van der Waals surface area contributed by atoms with Gasteiger partial charge in [-0.05, 0) is 0 Å². The average molecular weight is 240 g/mol. The van der Waals surface area contributed by atoms with Gasteiger partial charge in [0.1, 0.15) is 0 Å². The van der Waals surface area contributed by atoms with Crippen molar-refractivity contribution in [1.29, 1.82) is 0 Å². The van der Waals surface area contributed by atoms with Crippen LogP contribution < -0.4 is 5.73 Å². The van der Waals surface area contributed by atoms with E-state index in [1.807, 2.05) is 0 Å². The first-order valence-electron chi connectivity index (χ1n) is 5.68. The van der Waals surface area contributed by atoms with Crippen molar-refractivity contribution < 1.29 is 4.74 Å². The van der Waals surface area contributed by atoms with E-state index in [2.05, 4.69) is 26.2 Å². The topological polar surface area (TPSA) is 48.1 Å². The smallest absolute Gasteiger partial charge is 0.0936 e. The summed E-state index contributed by atoms with van der Waals surface area (Å²) in [6.07, 6.45) is 0.963. The molecule has 0 bridgehead atoms. The minimum Gasteiger partial charge on any atom is -0.380 e. The molecule has 2 N–H and O–H groups in total. The Bertz CT molecular complexity index is 358. The van der Waals surface area contributed by atoms with Crippen LogP contribution in [0.15, 0.2) is 5.38 Å². The van der Waals surface area contributed by atoms with Crippen LogP contribution in [-0.4, -0.2) is 24.7 Å². The standard InChI is InChI=1S/C12H20N2OS/c1-11(2,3)9-5-16-10(14-9)4-12(6-13)7-15-8-12/h5H,4,6-8,13H2,1-3H3. The lowest BCUT2D eigenvalue weighted by Gasteiger charge is -2.39. The quantitative estimate of drug-likeness (QED) is 0.878. The summed E-state index contributed by atoms with van der Waals surface area (Å²) < 4.78 is 5.27. The van der Waals surface area contributed by atoms with Gasteiger partial charge in [0.15, 0.2) is 0 Å². The van der Waals surface area contributed by atoms with Gasteiger partial charge in [0, 0.05) is 29.2 Å². The van der Waals surface area contributed by atoms with E-state index >= 15 is 0 Å². The zero-order valence-corrected chi connectivity index (χ0v) is 11.1. The second kappa shape index (κ2) is 4.09. The minimum absolute atomic E-state index is 0.140. The molecule has 1 fully saturated rings. The summed E-state index contributed by atoms with van der Waals surface area (Å²) in [5.74, 6) is 0. The molecule has 0 saturated carbocycles. The van der Waals surface area contributed by atoms with Crippen LogP contribution in [0.5, 0.6) is 0 Å². The number of nitrogens with two attached hydrogens (primary N) is 1. The normalized spacial score (nSPS) is 19.5. The first kappa shape index (κ1) is 12.0. The van der Waals surface area contributed by atoms with Gasteiger partial charge in [-0.25, -0.2) is 4.98 Å². The summed E-state index contributed by atoms with van der Waals surface area (Å²) in [5.41, 5.74) is 7.29. The summed E-state index contributed by atoms with van der Waals surface area (Å²) >= 11 is 1.75. The van der Waals surface area contributed by atoms with Crippen LogP contribution in [0.2, 0.25) is 0 Å². The highest BCUT2D eigenvalue weighted by Crippen LogP contribution is 2.33. The number of rotatable bonds is 3. The predicted molar refractivity (Wildman–Crippen MR) is 66.8 cm³/mol. The molecule has 0 aliphatic carbocycles.